The summed E-state index contributed by atoms with van der Waals surface area (Å²) in [6.45, 7) is 2.24. The van der Waals surface area contributed by atoms with Crippen LogP contribution in [0.15, 0.2) is 48.5 Å². The third-order valence-electron chi connectivity index (χ3n) is 3.10. The van der Waals surface area contributed by atoms with Gasteiger partial charge in [0.05, 0.1) is 6.04 Å². The summed E-state index contributed by atoms with van der Waals surface area (Å²) in [4.78, 5) is 0. The molecule has 0 aromatic heterocycles. The predicted octanol–water partition coefficient (Wildman–Crippen LogP) is 3.47. The van der Waals surface area contributed by atoms with Crippen LogP contribution in [0.2, 0.25) is 0 Å². The highest BCUT2D eigenvalue weighted by Gasteiger charge is 2.09. The molecule has 2 aromatic carbocycles. The molecule has 0 bridgehead atoms. The van der Waals surface area contributed by atoms with Gasteiger partial charge in [0.25, 0.3) is 0 Å². The summed E-state index contributed by atoms with van der Waals surface area (Å²) < 4.78 is 18.9. The first-order valence-electron chi connectivity index (χ1n) is 6.32. The second-order valence-electron chi connectivity index (χ2n) is 4.47. The first-order valence-corrected chi connectivity index (χ1v) is 6.32. The maximum absolute atomic E-state index is 13.2. The third kappa shape index (κ3) is 3.55. The summed E-state index contributed by atoms with van der Waals surface area (Å²) >= 11 is 0. The Labute approximate surface area is 113 Å². The van der Waals surface area contributed by atoms with Crippen molar-refractivity contribution in [3.8, 4) is 5.75 Å². The van der Waals surface area contributed by atoms with Crippen LogP contribution in [0, 0.1) is 12.7 Å². The summed E-state index contributed by atoms with van der Waals surface area (Å²) in [6.07, 6.45) is 0. The summed E-state index contributed by atoms with van der Waals surface area (Å²) in [5, 5.41) is 3.22. The Hall–Kier alpha value is -1.87. The van der Waals surface area contributed by atoms with Gasteiger partial charge in [-0.25, -0.2) is 4.39 Å². The molecule has 1 unspecified atom stereocenters. The summed E-state index contributed by atoms with van der Waals surface area (Å²) in [7, 11) is 1.90. The second kappa shape index (κ2) is 6.34. The Morgan fingerprint density at radius 3 is 2.53 bits per heavy atom. The lowest BCUT2D eigenvalue weighted by molar-refractivity contribution is 0.272. The molecule has 1 N–H and O–H groups in total. The van der Waals surface area contributed by atoms with E-state index < -0.39 is 0 Å². The predicted molar refractivity (Wildman–Crippen MR) is 74.9 cm³/mol. The van der Waals surface area contributed by atoms with E-state index in [9.17, 15) is 4.39 Å². The highest BCUT2D eigenvalue weighted by atomic mass is 19.1. The fourth-order valence-corrected chi connectivity index (χ4v) is 1.92. The molecule has 0 heterocycles. The van der Waals surface area contributed by atoms with Crippen LogP contribution in [-0.2, 0) is 0 Å². The Morgan fingerprint density at radius 1 is 1.16 bits per heavy atom. The van der Waals surface area contributed by atoms with Crippen LogP contribution in [0.5, 0.6) is 5.75 Å². The maximum Gasteiger partial charge on any atom is 0.126 e. The average Bonchev–Trinajstić information content (AvgIpc) is 2.44. The molecule has 19 heavy (non-hydrogen) atoms. The Kier molecular flexibility index (Phi) is 4.53. The van der Waals surface area contributed by atoms with Gasteiger partial charge < -0.3 is 10.1 Å². The Bertz CT molecular complexity index is 528. The molecule has 0 saturated carbocycles. The highest BCUT2D eigenvalue weighted by Crippen LogP contribution is 2.18. The quantitative estimate of drug-likeness (QED) is 0.887. The maximum atomic E-state index is 13.2. The van der Waals surface area contributed by atoms with E-state index in [2.05, 4.69) is 17.4 Å². The lowest BCUT2D eigenvalue weighted by atomic mass is 10.1. The van der Waals surface area contributed by atoms with E-state index in [1.165, 1.54) is 11.6 Å². The molecule has 0 fully saturated rings. The second-order valence-corrected chi connectivity index (χ2v) is 4.47. The molecule has 0 saturated heterocycles. The molecule has 2 aromatic rings. The molecule has 2 nitrogen and oxygen atoms in total. The first-order chi connectivity index (χ1) is 9.20. The van der Waals surface area contributed by atoms with E-state index in [1.807, 2.05) is 25.2 Å². The molecule has 0 radical (unpaired) electrons. The minimum atomic E-state index is -0.208. The van der Waals surface area contributed by atoms with Crippen molar-refractivity contribution in [3.05, 3.63) is 65.5 Å². The van der Waals surface area contributed by atoms with Crippen LogP contribution >= 0.6 is 0 Å². The molecule has 1 atom stereocenters. The van der Waals surface area contributed by atoms with Crippen molar-refractivity contribution in [2.75, 3.05) is 13.7 Å². The number of hydrogen-bond acceptors (Lipinski definition) is 2. The Balaban J connectivity index is 2.02. The smallest absolute Gasteiger partial charge is 0.126 e. The Morgan fingerprint density at radius 2 is 1.89 bits per heavy atom. The van der Waals surface area contributed by atoms with Crippen LogP contribution in [0.4, 0.5) is 4.39 Å². The van der Waals surface area contributed by atoms with Gasteiger partial charge in [0.2, 0.25) is 0 Å². The number of nitrogens with one attached hydrogen (secondary N) is 1. The zero-order valence-corrected chi connectivity index (χ0v) is 11.2. The van der Waals surface area contributed by atoms with Gasteiger partial charge in [0.15, 0.2) is 0 Å². The fraction of sp³-hybridized carbons (Fsp3) is 0.250. The van der Waals surface area contributed by atoms with E-state index >= 15 is 0 Å². The van der Waals surface area contributed by atoms with Crippen LogP contribution in [-0.4, -0.2) is 13.7 Å². The van der Waals surface area contributed by atoms with Gasteiger partial charge in [-0.05, 0) is 43.3 Å². The zero-order valence-electron chi connectivity index (χ0n) is 11.2. The summed E-state index contributed by atoms with van der Waals surface area (Å²) in [5.41, 5.74) is 1.77. The van der Waals surface area contributed by atoms with Crippen molar-refractivity contribution in [1.82, 2.24) is 5.32 Å². The monoisotopic (exact) mass is 259 g/mol. The van der Waals surface area contributed by atoms with Gasteiger partial charge in [-0.1, -0.05) is 30.3 Å². The molecule has 0 aliphatic carbocycles. The van der Waals surface area contributed by atoms with E-state index in [-0.39, 0.29) is 11.9 Å². The van der Waals surface area contributed by atoms with Crippen molar-refractivity contribution in [2.45, 2.75) is 13.0 Å². The minimum absolute atomic E-state index is 0.117. The number of halogens is 1. The van der Waals surface area contributed by atoms with Gasteiger partial charge >= 0.3 is 0 Å². The number of ether oxygens (including phenoxy) is 1. The third-order valence-corrected chi connectivity index (χ3v) is 3.10. The van der Waals surface area contributed by atoms with Crippen LogP contribution < -0.4 is 10.1 Å². The average molecular weight is 259 g/mol. The number of likely N-dealkylation sites (N-methyl/N-ethyl adjacent to an activating group) is 1. The molecule has 0 aliphatic rings. The van der Waals surface area contributed by atoms with Crippen molar-refractivity contribution in [1.29, 1.82) is 0 Å². The van der Waals surface area contributed by atoms with E-state index in [1.54, 1.807) is 19.1 Å². The first kappa shape index (κ1) is 13.6. The zero-order chi connectivity index (χ0) is 13.7. The van der Waals surface area contributed by atoms with Gasteiger partial charge in [0, 0.05) is 0 Å². The van der Waals surface area contributed by atoms with E-state index in [0.717, 1.165) is 0 Å². The van der Waals surface area contributed by atoms with E-state index in [4.69, 9.17) is 4.74 Å². The molecule has 0 aliphatic heterocycles. The largest absolute Gasteiger partial charge is 0.492 e. The van der Waals surface area contributed by atoms with Crippen LogP contribution in [0.25, 0.3) is 0 Å². The summed E-state index contributed by atoms with van der Waals surface area (Å²) in [6, 6.07) is 15.0. The molecular formula is C16H18FNO. The van der Waals surface area contributed by atoms with Crippen molar-refractivity contribution >= 4 is 0 Å². The molecule has 0 spiro atoms. The standard InChI is InChI=1S/C16H18FNO/c1-12-10-14(8-9-15(12)17)19-11-16(18-2)13-6-4-3-5-7-13/h3-10,16,18H,11H2,1-2H3. The lowest BCUT2D eigenvalue weighted by Gasteiger charge is -2.17. The lowest BCUT2D eigenvalue weighted by Crippen LogP contribution is -2.23. The van der Waals surface area contributed by atoms with Crippen LogP contribution in [0.3, 0.4) is 0 Å². The normalized spacial score (nSPS) is 12.2. The van der Waals surface area contributed by atoms with Crippen molar-refractivity contribution in [3.63, 3.8) is 0 Å². The van der Waals surface area contributed by atoms with Crippen molar-refractivity contribution in [2.24, 2.45) is 0 Å². The topological polar surface area (TPSA) is 21.3 Å². The van der Waals surface area contributed by atoms with Gasteiger partial charge in [-0.2, -0.15) is 0 Å². The number of rotatable bonds is 5. The van der Waals surface area contributed by atoms with Crippen LogP contribution in [0.1, 0.15) is 17.2 Å². The summed E-state index contributed by atoms with van der Waals surface area (Å²) in [5.74, 6) is 0.482. The van der Waals surface area contributed by atoms with Crippen molar-refractivity contribution < 1.29 is 9.13 Å². The fourth-order valence-electron chi connectivity index (χ4n) is 1.92. The molecule has 2 rings (SSSR count). The van der Waals surface area contributed by atoms with Gasteiger partial charge in [0.1, 0.15) is 18.2 Å². The number of aryl methyl sites for hydroxylation is 1. The minimum Gasteiger partial charge on any atom is -0.492 e. The van der Waals surface area contributed by atoms with Gasteiger partial charge in [-0.3, -0.25) is 0 Å². The number of benzene rings is 2. The molecular weight excluding hydrogens is 241 g/mol. The van der Waals surface area contributed by atoms with E-state index in [0.29, 0.717) is 17.9 Å². The SMILES string of the molecule is CNC(COc1ccc(F)c(C)c1)c1ccccc1. The molecule has 100 valence electrons. The molecule has 0 amide bonds. The number of hydrogen-bond donors (Lipinski definition) is 1. The van der Waals surface area contributed by atoms with Gasteiger partial charge in [-0.15, -0.1) is 0 Å². The highest BCUT2D eigenvalue weighted by molar-refractivity contribution is 5.29. The molecule has 3 heteroatoms.